The molecule has 0 spiro atoms. The number of benzene rings is 1. The summed E-state index contributed by atoms with van der Waals surface area (Å²) in [5, 5.41) is 16.7. The van der Waals surface area contributed by atoms with Crippen LogP contribution in [0.5, 0.6) is 5.75 Å². The molecule has 1 amide bonds. The molecule has 114 valence electrons. The highest BCUT2D eigenvalue weighted by molar-refractivity contribution is 5.93. The fourth-order valence-electron chi connectivity index (χ4n) is 2.05. The minimum atomic E-state index is -0.559. The Morgan fingerprint density at radius 1 is 1.62 bits per heavy atom. The highest BCUT2D eigenvalue weighted by atomic mass is 16.6. The number of hydrogen-bond acceptors (Lipinski definition) is 6. The van der Waals surface area contributed by atoms with Crippen molar-refractivity contribution in [2.45, 2.75) is 12.5 Å². The van der Waals surface area contributed by atoms with Crippen LogP contribution in [0.2, 0.25) is 0 Å². The van der Waals surface area contributed by atoms with Gasteiger partial charge in [-0.05, 0) is 12.1 Å². The lowest BCUT2D eigenvalue weighted by molar-refractivity contribution is -0.384. The van der Waals surface area contributed by atoms with Gasteiger partial charge in [-0.25, -0.2) is 0 Å². The molecular formula is C13H17N3O5. The van der Waals surface area contributed by atoms with E-state index in [4.69, 9.17) is 9.47 Å². The normalized spacial score (nSPS) is 18.0. The summed E-state index contributed by atoms with van der Waals surface area (Å²) >= 11 is 0. The third-order valence-electron chi connectivity index (χ3n) is 3.09. The molecule has 0 saturated carbocycles. The summed E-state index contributed by atoms with van der Waals surface area (Å²) in [5.74, 6) is 0.0384. The van der Waals surface area contributed by atoms with E-state index in [-0.39, 0.29) is 29.8 Å². The zero-order valence-electron chi connectivity index (χ0n) is 11.6. The lowest BCUT2D eigenvalue weighted by Crippen LogP contribution is -2.40. The van der Waals surface area contributed by atoms with Crippen LogP contribution in [0.3, 0.4) is 0 Å². The summed E-state index contributed by atoms with van der Waals surface area (Å²) in [6.07, 6.45) is -0.0630. The van der Waals surface area contributed by atoms with Crippen molar-refractivity contribution in [2.75, 3.05) is 32.1 Å². The topological polar surface area (TPSA) is 103 Å². The Bertz CT molecular complexity index is 529. The van der Waals surface area contributed by atoms with Gasteiger partial charge in [0.15, 0.2) is 0 Å². The van der Waals surface area contributed by atoms with E-state index in [1.807, 2.05) is 0 Å². The zero-order valence-corrected chi connectivity index (χ0v) is 11.6. The second kappa shape index (κ2) is 7.00. The molecule has 1 heterocycles. The van der Waals surface area contributed by atoms with Crippen molar-refractivity contribution in [1.29, 1.82) is 0 Å². The molecule has 1 fully saturated rings. The molecule has 0 aliphatic carbocycles. The number of methoxy groups -OCH3 is 1. The SMILES string of the molecule is COc1ccc(NC(=O)CC2CNCCO2)c([N+](=O)[O-])c1. The first kappa shape index (κ1) is 15.2. The fraction of sp³-hybridized carbons (Fsp3) is 0.462. The van der Waals surface area contributed by atoms with Gasteiger partial charge in [-0.15, -0.1) is 0 Å². The Balaban J connectivity index is 2.04. The number of nitro benzene ring substituents is 1. The number of hydrogen-bond donors (Lipinski definition) is 2. The van der Waals surface area contributed by atoms with Crippen LogP contribution in [0, 0.1) is 10.1 Å². The molecule has 0 radical (unpaired) electrons. The predicted octanol–water partition coefficient (Wildman–Crippen LogP) is 0.920. The van der Waals surface area contributed by atoms with Crippen LogP contribution < -0.4 is 15.4 Å². The molecule has 1 aromatic rings. The van der Waals surface area contributed by atoms with E-state index in [1.165, 1.54) is 19.2 Å². The molecule has 1 unspecified atom stereocenters. The van der Waals surface area contributed by atoms with Gasteiger partial charge in [-0.3, -0.25) is 14.9 Å². The van der Waals surface area contributed by atoms with Crippen LogP contribution in [-0.2, 0) is 9.53 Å². The van der Waals surface area contributed by atoms with E-state index in [2.05, 4.69) is 10.6 Å². The van der Waals surface area contributed by atoms with Crippen molar-refractivity contribution in [3.63, 3.8) is 0 Å². The van der Waals surface area contributed by atoms with Crippen molar-refractivity contribution in [1.82, 2.24) is 5.32 Å². The number of anilines is 1. The average Bonchev–Trinajstić information content (AvgIpc) is 2.48. The third kappa shape index (κ3) is 4.14. The monoisotopic (exact) mass is 295 g/mol. The predicted molar refractivity (Wildman–Crippen MR) is 75.5 cm³/mol. The quantitative estimate of drug-likeness (QED) is 0.618. The molecule has 1 atom stereocenters. The summed E-state index contributed by atoms with van der Waals surface area (Å²) in [5.41, 5.74) is -0.0556. The standard InChI is InChI=1S/C13H17N3O5/c1-20-9-2-3-11(12(6-9)16(18)19)15-13(17)7-10-8-14-4-5-21-10/h2-3,6,10,14H,4-5,7-8H2,1H3,(H,15,17). The third-order valence-corrected chi connectivity index (χ3v) is 3.09. The lowest BCUT2D eigenvalue weighted by Gasteiger charge is -2.23. The molecular weight excluding hydrogens is 278 g/mol. The van der Waals surface area contributed by atoms with Crippen molar-refractivity contribution in [3.8, 4) is 5.75 Å². The number of ether oxygens (including phenoxy) is 2. The minimum Gasteiger partial charge on any atom is -0.496 e. The molecule has 8 nitrogen and oxygen atoms in total. The maximum atomic E-state index is 11.9. The summed E-state index contributed by atoms with van der Waals surface area (Å²) in [7, 11) is 1.42. The number of rotatable bonds is 5. The Labute approximate surface area is 121 Å². The molecule has 8 heteroatoms. The number of amides is 1. The van der Waals surface area contributed by atoms with E-state index in [0.29, 0.717) is 18.9 Å². The second-order valence-corrected chi connectivity index (χ2v) is 4.59. The van der Waals surface area contributed by atoms with Gasteiger partial charge in [-0.2, -0.15) is 0 Å². The maximum Gasteiger partial charge on any atom is 0.296 e. The number of nitro groups is 1. The first-order valence-corrected chi connectivity index (χ1v) is 6.54. The number of carbonyl (C=O) groups excluding carboxylic acids is 1. The van der Waals surface area contributed by atoms with E-state index in [9.17, 15) is 14.9 Å². The van der Waals surface area contributed by atoms with Crippen LogP contribution >= 0.6 is 0 Å². The molecule has 1 aliphatic heterocycles. The molecule has 0 bridgehead atoms. The van der Waals surface area contributed by atoms with Gasteiger partial charge in [0.1, 0.15) is 11.4 Å². The first-order valence-electron chi connectivity index (χ1n) is 6.54. The van der Waals surface area contributed by atoms with Crippen LogP contribution in [0.1, 0.15) is 6.42 Å². The number of morpholine rings is 1. The molecule has 2 rings (SSSR count). The number of nitrogens with zero attached hydrogens (tertiary/aromatic N) is 1. The van der Waals surface area contributed by atoms with Gasteiger partial charge in [-0.1, -0.05) is 0 Å². The molecule has 1 aliphatic rings. The van der Waals surface area contributed by atoms with Crippen molar-refractivity contribution in [2.24, 2.45) is 0 Å². The Morgan fingerprint density at radius 2 is 2.43 bits per heavy atom. The minimum absolute atomic E-state index is 0.148. The second-order valence-electron chi connectivity index (χ2n) is 4.59. The molecule has 2 N–H and O–H groups in total. The van der Waals surface area contributed by atoms with Gasteiger partial charge in [0.25, 0.3) is 5.69 Å². The van der Waals surface area contributed by atoms with E-state index >= 15 is 0 Å². The average molecular weight is 295 g/mol. The Hall–Kier alpha value is -2.19. The van der Waals surface area contributed by atoms with Gasteiger partial charge in [0, 0.05) is 13.1 Å². The highest BCUT2D eigenvalue weighted by Crippen LogP contribution is 2.29. The first-order chi connectivity index (χ1) is 10.1. The van der Waals surface area contributed by atoms with Crippen molar-refractivity contribution in [3.05, 3.63) is 28.3 Å². The van der Waals surface area contributed by atoms with E-state index in [1.54, 1.807) is 6.07 Å². The van der Waals surface area contributed by atoms with Gasteiger partial charge in [0.05, 0.1) is 37.2 Å². The summed E-state index contributed by atoms with van der Waals surface area (Å²) in [4.78, 5) is 22.4. The number of carbonyl (C=O) groups is 1. The Kier molecular flexibility index (Phi) is 5.07. The van der Waals surface area contributed by atoms with Crippen LogP contribution in [-0.4, -0.2) is 43.7 Å². The van der Waals surface area contributed by atoms with E-state index < -0.39 is 4.92 Å². The molecule has 0 aromatic heterocycles. The largest absolute Gasteiger partial charge is 0.496 e. The van der Waals surface area contributed by atoms with E-state index in [0.717, 1.165) is 6.54 Å². The van der Waals surface area contributed by atoms with Crippen LogP contribution in [0.15, 0.2) is 18.2 Å². The van der Waals surface area contributed by atoms with Gasteiger partial charge < -0.3 is 20.1 Å². The molecule has 1 aromatic carbocycles. The van der Waals surface area contributed by atoms with Gasteiger partial charge >= 0.3 is 0 Å². The summed E-state index contributed by atoms with van der Waals surface area (Å²) < 4.78 is 10.4. The summed E-state index contributed by atoms with van der Waals surface area (Å²) in [6.45, 7) is 1.92. The molecule has 1 saturated heterocycles. The zero-order chi connectivity index (χ0) is 15.2. The van der Waals surface area contributed by atoms with Crippen molar-refractivity contribution < 1.29 is 19.2 Å². The Morgan fingerprint density at radius 3 is 3.05 bits per heavy atom. The fourth-order valence-corrected chi connectivity index (χ4v) is 2.05. The highest BCUT2D eigenvalue weighted by Gasteiger charge is 2.21. The lowest BCUT2D eigenvalue weighted by atomic mass is 10.2. The maximum absolute atomic E-state index is 11.9. The van der Waals surface area contributed by atoms with Crippen molar-refractivity contribution >= 4 is 17.3 Å². The molecule has 21 heavy (non-hydrogen) atoms. The van der Waals surface area contributed by atoms with Crippen LogP contribution in [0.4, 0.5) is 11.4 Å². The smallest absolute Gasteiger partial charge is 0.296 e. The number of nitrogens with one attached hydrogen (secondary N) is 2. The van der Waals surface area contributed by atoms with Crippen LogP contribution in [0.25, 0.3) is 0 Å². The van der Waals surface area contributed by atoms with Gasteiger partial charge in [0.2, 0.25) is 5.91 Å². The summed E-state index contributed by atoms with van der Waals surface area (Å²) in [6, 6.07) is 4.28.